The zero-order valence-corrected chi connectivity index (χ0v) is 18.9. The van der Waals surface area contributed by atoms with Crippen LogP contribution in [0.1, 0.15) is 58.2 Å². The fourth-order valence-electron chi connectivity index (χ4n) is 4.50. The number of piperidine rings is 1. The van der Waals surface area contributed by atoms with Gasteiger partial charge in [0.05, 0.1) is 16.6 Å². The van der Waals surface area contributed by atoms with E-state index in [2.05, 4.69) is 31.1 Å². The summed E-state index contributed by atoms with van der Waals surface area (Å²) in [6, 6.07) is 6.18. The van der Waals surface area contributed by atoms with Crippen LogP contribution >= 0.6 is 0 Å². The molecule has 10 heteroatoms. The van der Waals surface area contributed by atoms with Gasteiger partial charge in [-0.05, 0) is 49.9 Å². The third-order valence-corrected chi connectivity index (χ3v) is 8.09. The first-order valence-electron chi connectivity index (χ1n) is 10.5. The number of carbonyl (C=O) groups is 1. The Morgan fingerprint density at radius 3 is 2.26 bits per heavy atom. The van der Waals surface area contributed by atoms with Crippen LogP contribution in [0.25, 0.3) is 0 Å². The summed E-state index contributed by atoms with van der Waals surface area (Å²) in [5, 5.41) is 8.66. The van der Waals surface area contributed by atoms with Gasteiger partial charge < -0.3 is 10.5 Å². The number of benzene rings is 1. The number of nitrogens with two attached hydrogens (primary N) is 1. The molecule has 3 heterocycles. The number of aromatic nitrogens is 3. The Labute approximate surface area is 182 Å². The number of carbonyl (C=O) groups excluding carboxylic acids is 1. The molecule has 1 aromatic heterocycles. The van der Waals surface area contributed by atoms with Crippen LogP contribution in [-0.2, 0) is 20.2 Å². The fourth-order valence-corrected chi connectivity index (χ4v) is 6.39. The lowest BCUT2D eigenvalue weighted by Crippen LogP contribution is -2.46. The van der Waals surface area contributed by atoms with E-state index >= 15 is 0 Å². The molecule has 9 nitrogen and oxygen atoms in total. The maximum atomic E-state index is 13.4. The lowest BCUT2D eigenvalue weighted by atomic mass is 9.93. The van der Waals surface area contributed by atoms with Gasteiger partial charge in [-0.15, -0.1) is 5.10 Å². The molecule has 1 amide bonds. The predicted octanol–water partition coefficient (Wildman–Crippen LogP) is 2.00. The second kappa shape index (κ2) is 7.90. The van der Waals surface area contributed by atoms with Gasteiger partial charge in [0.15, 0.2) is 6.61 Å². The summed E-state index contributed by atoms with van der Waals surface area (Å²) in [4.78, 5) is 11.1. The zero-order valence-electron chi connectivity index (χ0n) is 18.1. The number of hydrogen-bond acceptors (Lipinski definition) is 6. The van der Waals surface area contributed by atoms with E-state index in [0.29, 0.717) is 5.75 Å². The van der Waals surface area contributed by atoms with Crippen LogP contribution in [0.2, 0.25) is 0 Å². The van der Waals surface area contributed by atoms with E-state index in [1.165, 1.54) is 12.1 Å². The van der Waals surface area contributed by atoms with Crippen LogP contribution in [0.4, 0.5) is 0 Å². The Balaban J connectivity index is 1.50. The molecule has 0 aliphatic carbocycles. The number of amides is 1. The molecular weight excluding hydrogens is 418 g/mol. The second-order valence-corrected chi connectivity index (χ2v) is 11.2. The Morgan fingerprint density at radius 2 is 1.74 bits per heavy atom. The minimum Gasteiger partial charge on any atom is -0.484 e. The van der Waals surface area contributed by atoms with Crippen LogP contribution in [0.3, 0.4) is 0 Å². The van der Waals surface area contributed by atoms with Gasteiger partial charge in [-0.2, -0.15) is 4.31 Å². The van der Waals surface area contributed by atoms with Gasteiger partial charge in [0.2, 0.25) is 10.0 Å². The number of nitrogens with zero attached hydrogens (tertiary/aromatic N) is 4. The van der Waals surface area contributed by atoms with E-state index in [4.69, 9.17) is 10.5 Å². The molecule has 1 aromatic carbocycles. The third-order valence-electron chi connectivity index (χ3n) is 6.07. The van der Waals surface area contributed by atoms with Gasteiger partial charge in [-0.1, -0.05) is 26.0 Å². The van der Waals surface area contributed by atoms with Crippen molar-refractivity contribution >= 4 is 15.9 Å². The first kappa shape index (κ1) is 21.8. The van der Waals surface area contributed by atoms with E-state index < -0.39 is 15.9 Å². The summed E-state index contributed by atoms with van der Waals surface area (Å²) in [5.41, 5.74) is 5.94. The van der Waals surface area contributed by atoms with Crippen molar-refractivity contribution in [3.63, 3.8) is 0 Å². The van der Waals surface area contributed by atoms with E-state index in [-0.39, 0.29) is 35.0 Å². The minimum absolute atomic E-state index is 0.0539. The van der Waals surface area contributed by atoms with Crippen molar-refractivity contribution in [3.8, 4) is 5.75 Å². The normalized spacial score (nSPS) is 24.3. The molecule has 2 aromatic rings. The summed E-state index contributed by atoms with van der Waals surface area (Å²) in [6.07, 6.45) is 5.14. The molecule has 2 atom stereocenters. The Hall–Kier alpha value is -2.46. The Bertz CT molecular complexity index is 1040. The molecule has 168 valence electrons. The lowest BCUT2D eigenvalue weighted by molar-refractivity contribution is -0.119. The van der Waals surface area contributed by atoms with Crippen molar-refractivity contribution in [3.05, 3.63) is 36.2 Å². The highest BCUT2D eigenvalue weighted by atomic mass is 32.2. The molecule has 2 unspecified atom stereocenters. The Kier molecular flexibility index (Phi) is 5.55. The summed E-state index contributed by atoms with van der Waals surface area (Å²) >= 11 is 0. The van der Waals surface area contributed by atoms with E-state index in [0.717, 1.165) is 31.4 Å². The highest BCUT2D eigenvalue weighted by molar-refractivity contribution is 7.89. The molecule has 2 N–H and O–H groups in total. The lowest BCUT2D eigenvalue weighted by Gasteiger charge is -2.37. The highest BCUT2D eigenvalue weighted by Crippen LogP contribution is 2.43. The van der Waals surface area contributed by atoms with Crippen LogP contribution in [0.15, 0.2) is 35.4 Å². The monoisotopic (exact) mass is 447 g/mol. The molecule has 31 heavy (non-hydrogen) atoms. The molecule has 4 rings (SSSR count). The maximum Gasteiger partial charge on any atom is 0.255 e. The largest absolute Gasteiger partial charge is 0.484 e. The number of rotatable bonds is 6. The predicted molar refractivity (Wildman–Crippen MR) is 114 cm³/mol. The molecule has 2 saturated heterocycles. The number of primary amides is 1. The van der Waals surface area contributed by atoms with Gasteiger partial charge in [-0.25, -0.2) is 13.1 Å². The number of fused-ring (bicyclic) bond motifs is 2. The van der Waals surface area contributed by atoms with Crippen molar-refractivity contribution in [1.29, 1.82) is 0 Å². The molecule has 0 spiro atoms. The summed E-state index contributed by atoms with van der Waals surface area (Å²) < 4.78 is 35.6. The fraction of sp³-hybridized carbons (Fsp3) is 0.571. The first-order valence-corrected chi connectivity index (χ1v) is 12.0. The van der Waals surface area contributed by atoms with Gasteiger partial charge in [-0.3, -0.25) is 4.79 Å². The molecular formula is C21H29N5O4S. The van der Waals surface area contributed by atoms with E-state index in [1.807, 2.05) is 10.9 Å². The summed E-state index contributed by atoms with van der Waals surface area (Å²) in [5.74, 6) is -0.182. The van der Waals surface area contributed by atoms with Gasteiger partial charge >= 0.3 is 0 Å². The van der Waals surface area contributed by atoms with Crippen molar-refractivity contribution in [2.75, 3.05) is 6.61 Å². The number of ether oxygens (including phenoxy) is 1. The topological polar surface area (TPSA) is 120 Å². The number of hydrogen-bond donors (Lipinski definition) is 1. The van der Waals surface area contributed by atoms with Crippen molar-refractivity contribution in [2.24, 2.45) is 5.73 Å². The third kappa shape index (κ3) is 4.31. The SMILES string of the molecule is CC(C)(C)c1cn(C2CC3CCC(C2)N3S(=O)(=O)c2ccc(OCC(N)=O)cc2)nn1. The molecule has 2 fully saturated rings. The second-order valence-electron chi connectivity index (χ2n) is 9.41. The number of sulfonamides is 1. The molecule has 2 aliphatic rings. The molecule has 2 bridgehead atoms. The van der Waals surface area contributed by atoms with Crippen molar-refractivity contribution in [1.82, 2.24) is 19.3 Å². The minimum atomic E-state index is -3.63. The van der Waals surface area contributed by atoms with Crippen molar-refractivity contribution < 1.29 is 17.9 Å². The standard InChI is InChI=1S/C21H29N5O4S/c1-21(2,3)19-12-25(24-23-19)16-10-14-4-5-15(11-16)26(14)31(28,29)18-8-6-17(7-9-18)30-13-20(22)27/h6-9,12,14-16H,4-5,10-11,13H2,1-3H3,(H2,22,27). The van der Waals surface area contributed by atoms with Crippen LogP contribution < -0.4 is 10.5 Å². The average molecular weight is 448 g/mol. The van der Waals surface area contributed by atoms with Gasteiger partial charge in [0.1, 0.15) is 5.75 Å². The summed E-state index contributed by atoms with van der Waals surface area (Å²) in [6.45, 7) is 6.06. The average Bonchev–Trinajstić information content (AvgIpc) is 3.30. The maximum absolute atomic E-state index is 13.4. The van der Waals surface area contributed by atoms with Crippen molar-refractivity contribution in [2.45, 2.75) is 74.9 Å². The highest BCUT2D eigenvalue weighted by Gasteiger charge is 2.48. The van der Waals surface area contributed by atoms with Crippen LogP contribution in [0.5, 0.6) is 5.75 Å². The van der Waals surface area contributed by atoms with Crippen LogP contribution in [-0.4, -0.2) is 52.3 Å². The molecule has 0 radical (unpaired) electrons. The quantitative estimate of drug-likeness (QED) is 0.723. The summed E-state index contributed by atoms with van der Waals surface area (Å²) in [7, 11) is -3.63. The van der Waals surface area contributed by atoms with Crippen LogP contribution in [0, 0.1) is 0 Å². The smallest absolute Gasteiger partial charge is 0.255 e. The zero-order chi connectivity index (χ0) is 22.4. The van der Waals surface area contributed by atoms with E-state index in [9.17, 15) is 13.2 Å². The molecule has 2 aliphatic heterocycles. The van der Waals surface area contributed by atoms with E-state index in [1.54, 1.807) is 16.4 Å². The van der Waals surface area contributed by atoms with Gasteiger partial charge in [0.25, 0.3) is 5.91 Å². The molecule has 0 saturated carbocycles. The Morgan fingerprint density at radius 1 is 1.13 bits per heavy atom. The first-order chi connectivity index (χ1) is 14.6. The van der Waals surface area contributed by atoms with Gasteiger partial charge in [0, 0.05) is 23.7 Å².